The molecule has 0 amide bonds. The van der Waals surface area contributed by atoms with Gasteiger partial charge >= 0.3 is 0 Å². The zero-order valence-electron chi connectivity index (χ0n) is 17.3. The van der Waals surface area contributed by atoms with Crippen LogP contribution in [0.1, 0.15) is 41.1 Å². The summed E-state index contributed by atoms with van der Waals surface area (Å²) >= 11 is 1.62. The quantitative estimate of drug-likeness (QED) is 0.585. The number of aliphatic hydroxyl groups excluding tert-OH is 1. The molecule has 0 bridgehead atoms. The van der Waals surface area contributed by atoms with Crippen molar-refractivity contribution in [2.45, 2.75) is 31.9 Å². The van der Waals surface area contributed by atoms with Gasteiger partial charge in [0.15, 0.2) is 17.3 Å². The molecule has 4 rings (SSSR count). The van der Waals surface area contributed by atoms with Gasteiger partial charge in [-0.25, -0.2) is 0 Å². The Hall–Kier alpha value is -2.42. The van der Waals surface area contributed by atoms with Crippen molar-refractivity contribution in [3.8, 4) is 11.5 Å². The van der Waals surface area contributed by atoms with E-state index in [4.69, 9.17) is 14.0 Å². The fraction of sp³-hybridized carbons (Fsp3) is 0.455. The first kappa shape index (κ1) is 20.8. The maximum absolute atomic E-state index is 10.6. The minimum absolute atomic E-state index is 0.309. The highest BCUT2D eigenvalue weighted by atomic mass is 32.1. The van der Waals surface area contributed by atoms with Crippen molar-refractivity contribution in [2.24, 2.45) is 5.92 Å². The van der Waals surface area contributed by atoms with Crippen LogP contribution in [0.3, 0.4) is 0 Å². The Bertz CT molecular complexity index is 936. The second-order valence-corrected chi connectivity index (χ2v) is 8.52. The number of rotatable bonds is 8. The third-order valence-corrected chi connectivity index (χ3v) is 6.54. The van der Waals surface area contributed by atoms with Crippen LogP contribution in [0, 0.1) is 5.92 Å². The molecule has 1 atom stereocenters. The molecule has 0 radical (unpaired) electrons. The SMILES string of the molecule is COc1ccc(Cc2noc(CN3CCC(C(O)c4cccs4)CC3)n2)cc1OC. The van der Waals surface area contributed by atoms with Gasteiger partial charge in [0.05, 0.1) is 26.9 Å². The standard InChI is InChI=1S/C22H27N3O4S/c1-27-17-6-5-15(12-18(17)28-2)13-20-23-21(29-24-20)14-25-9-7-16(8-10-25)22(26)19-4-3-11-30-19/h3-6,11-12,16,22,26H,7-10,13-14H2,1-2H3. The Morgan fingerprint density at radius 1 is 1.20 bits per heavy atom. The van der Waals surface area contributed by atoms with Crippen LogP contribution in [-0.4, -0.2) is 47.5 Å². The summed E-state index contributed by atoms with van der Waals surface area (Å²) in [7, 11) is 3.24. The summed E-state index contributed by atoms with van der Waals surface area (Å²) in [4.78, 5) is 7.92. The number of methoxy groups -OCH3 is 2. The van der Waals surface area contributed by atoms with Gasteiger partial charge in [-0.15, -0.1) is 11.3 Å². The minimum Gasteiger partial charge on any atom is -0.493 e. The highest BCUT2D eigenvalue weighted by Crippen LogP contribution is 2.33. The summed E-state index contributed by atoms with van der Waals surface area (Å²) in [6, 6.07) is 9.79. The van der Waals surface area contributed by atoms with Crippen molar-refractivity contribution in [2.75, 3.05) is 27.3 Å². The van der Waals surface area contributed by atoms with Crippen LogP contribution in [0.4, 0.5) is 0 Å². The van der Waals surface area contributed by atoms with Gasteiger partial charge in [-0.2, -0.15) is 4.98 Å². The minimum atomic E-state index is -0.358. The predicted octanol–water partition coefficient (Wildman–Crippen LogP) is 3.68. The van der Waals surface area contributed by atoms with Gasteiger partial charge in [0.2, 0.25) is 5.89 Å². The molecule has 3 aromatic rings. The zero-order chi connectivity index (χ0) is 20.9. The van der Waals surface area contributed by atoms with Gasteiger partial charge in [-0.1, -0.05) is 17.3 Å². The van der Waals surface area contributed by atoms with Crippen LogP contribution >= 0.6 is 11.3 Å². The lowest BCUT2D eigenvalue weighted by Gasteiger charge is -2.33. The number of thiophene rings is 1. The van der Waals surface area contributed by atoms with Crippen LogP contribution < -0.4 is 9.47 Å². The Balaban J connectivity index is 1.30. The fourth-order valence-corrected chi connectivity index (χ4v) is 4.71. The molecular formula is C22H27N3O4S. The second kappa shape index (κ2) is 9.59. The molecule has 2 aromatic heterocycles. The van der Waals surface area contributed by atoms with E-state index in [-0.39, 0.29) is 6.10 Å². The molecule has 3 heterocycles. The normalized spacial score (nSPS) is 16.5. The summed E-state index contributed by atoms with van der Waals surface area (Å²) in [6.07, 6.45) is 2.14. The highest BCUT2D eigenvalue weighted by Gasteiger charge is 2.27. The topological polar surface area (TPSA) is 80.9 Å². The second-order valence-electron chi connectivity index (χ2n) is 7.54. The molecule has 1 saturated heterocycles. The van der Waals surface area contributed by atoms with Crippen LogP contribution in [0.2, 0.25) is 0 Å². The zero-order valence-corrected chi connectivity index (χ0v) is 18.1. The van der Waals surface area contributed by atoms with E-state index in [2.05, 4.69) is 15.0 Å². The summed E-state index contributed by atoms with van der Waals surface area (Å²) in [5, 5.41) is 16.7. The average molecular weight is 430 g/mol. The van der Waals surface area contributed by atoms with E-state index in [1.165, 1.54) is 0 Å². The van der Waals surface area contributed by atoms with E-state index in [1.54, 1.807) is 25.6 Å². The number of aliphatic hydroxyl groups is 1. The molecule has 30 heavy (non-hydrogen) atoms. The van der Waals surface area contributed by atoms with E-state index >= 15 is 0 Å². The molecule has 0 aliphatic carbocycles. The number of likely N-dealkylation sites (tertiary alicyclic amines) is 1. The van der Waals surface area contributed by atoms with Crippen molar-refractivity contribution < 1.29 is 19.1 Å². The van der Waals surface area contributed by atoms with E-state index in [9.17, 15) is 5.11 Å². The number of ether oxygens (including phenoxy) is 2. The van der Waals surface area contributed by atoms with E-state index < -0.39 is 0 Å². The van der Waals surface area contributed by atoms with Gasteiger partial charge in [0.25, 0.3) is 0 Å². The van der Waals surface area contributed by atoms with Crippen molar-refractivity contribution in [1.29, 1.82) is 0 Å². The maximum atomic E-state index is 10.6. The van der Waals surface area contributed by atoms with Crippen molar-refractivity contribution in [3.05, 3.63) is 57.9 Å². The number of aromatic nitrogens is 2. The molecule has 160 valence electrons. The fourth-order valence-electron chi connectivity index (χ4n) is 3.91. The monoisotopic (exact) mass is 429 g/mol. The highest BCUT2D eigenvalue weighted by molar-refractivity contribution is 7.10. The molecule has 1 unspecified atom stereocenters. The van der Waals surface area contributed by atoms with Gasteiger partial charge in [-0.05, 0) is 61.0 Å². The van der Waals surface area contributed by atoms with Crippen LogP contribution in [0.25, 0.3) is 0 Å². The van der Waals surface area contributed by atoms with E-state index in [1.807, 2.05) is 35.7 Å². The molecular weight excluding hydrogens is 402 g/mol. The van der Waals surface area contributed by atoms with Crippen molar-refractivity contribution in [3.63, 3.8) is 0 Å². The Kier molecular flexibility index (Phi) is 6.66. The van der Waals surface area contributed by atoms with Gasteiger partial charge in [0, 0.05) is 11.3 Å². The first-order chi connectivity index (χ1) is 14.7. The molecule has 1 fully saturated rings. The Morgan fingerprint density at radius 2 is 2.00 bits per heavy atom. The molecule has 0 spiro atoms. The van der Waals surface area contributed by atoms with E-state index in [0.717, 1.165) is 36.4 Å². The smallest absolute Gasteiger partial charge is 0.240 e. The molecule has 1 aliphatic rings. The number of benzene rings is 1. The number of piperidine rings is 1. The van der Waals surface area contributed by atoms with Crippen LogP contribution in [0.15, 0.2) is 40.2 Å². The van der Waals surface area contributed by atoms with Crippen molar-refractivity contribution >= 4 is 11.3 Å². The number of hydrogen-bond acceptors (Lipinski definition) is 8. The maximum Gasteiger partial charge on any atom is 0.240 e. The molecule has 7 nitrogen and oxygen atoms in total. The average Bonchev–Trinajstić information content (AvgIpc) is 3.46. The predicted molar refractivity (Wildman–Crippen MR) is 114 cm³/mol. The molecule has 1 aromatic carbocycles. The molecule has 1 N–H and O–H groups in total. The van der Waals surface area contributed by atoms with Gasteiger partial charge in [0.1, 0.15) is 0 Å². The summed E-state index contributed by atoms with van der Waals surface area (Å²) in [5.74, 6) is 2.97. The first-order valence-corrected chi connectivity index (χ1v) is 11.0. The molecule has 1 aliphatic heterocycles. The third-order valence-electron chi connectivity index (χ3n) is 5.59. The van der Waals surface area contributed by atoms with Crippen molar-refractivity contribution in [1.82, 2.24) is 15.0 Å². The first-order valence-electron chi connectivity index (χ1n) is 10.1. The summed E-state index contributed by atoms with van der Waals surface area (Å²) in [5.41, 5.74) is 1.03. The molecule has 0 saturated carbocycles. The van der Waals surface area contributed by atoms with Gasteiger partial charge < -0.3 is 19.1 Å². The van der Waals surface area contributed by atoms with E-state index in [0.29, 0.717) is 42.1 Å². The Labute approximate surface area is 180 Å². The number of nitrogens with zero attached hydrogens (tertiary/aromatic N) is 3. The lowest BCUT2D eigenvalue weighted by Crippen LogP contribution is -2.35. The lowest BCUT2D eigenvalue weighted by atomic mass is 9.90. The van der Waals surface area contributed by atoms with Crippen LogP contribution in [0.5, 0.6) is 11.5 Å². The number of hydrogen-bond donors (Lipinski definition) is 1. The summed E-state index contributed by atoms with van der Waals surface area (Å²) < 4.78 is 16.1. The third kappa shape index (κ3) is 4.83. The largest absolute Gasteiger partial charge is 0.493 e. The lowest BCUT2D eigenvalue weighted by molar-refractivity contribution is 0.0560. The Morgan fingerprint density at radius 3 is 2.70 bits per heavy atom. The molecule has 8 heteroatoms. The van der Waals surface area contributed by atoms with Crippen LogP contribution in [-0.2, 0) is 13.0 Å². The van der Waals surface area contributed by atoms with Gasteiger partial charge in [-0.3, -0.25) is 4.90 Å². The summed E-state index contributed by atoms with van der Waals surface area (Å²) in [6.45, 7) is 2.47.